The normalized spacial score (nSPS) is 44.7. The summed E-state index contributed by atoms with van der Waals surface area (Å²) in [7, 11) is 0. The Morgan fingerprint density at radius 2 is 1.69 bits per heavy atom. The fraction of sp³-hybridized carbons (Fsp3) is 0.964. The van der Waals surface area contributed by atoms with Gasteiger partial charge in [0.25, 0.3) is 0 Å². The monoisotopic (exact) mass is 440 g/mol. The summed E-state index contributed by atoms with van der Waals surface area (Å²) in [6, 6.07) is 0.524. The molecule has 1 heterocycles. The van der Waals surface area contributed by atoms with Crippen LogP contribution in [0.4, 0.5) is 0 Å². The van der Waals surface area contributed by atoms with Crippen molar-refractivity contribution < 1.29 is 0 Å². The second-order valence-corrected chi connectivity index (χ2v) is 13.4. The summed E-state index contributed by atoms with van der Waals surface area (Å²) in [4.78, 5) is 0. The molecule has 180 valence electrons. The van der Waals surface area contributed by atoms with Gasteiger partial charge in [-0.2, -0.15) is 0 Å². The summed E-state index contributed by atoms with van der Waals surface area (Å²) in [5.74, 6) is 6.56. The first-order chi connectivity index (χ1) is 15.3. The number of hydrogen-bond acceptors (Lipinski definition) is 3. The molecule has 0 radical (unpaired) electrons. The van der Waals surface area contributed by atoms with Gasteiger partial charge in [-0.1, -0.05) is 53.9 Å². The molecule has 5 rings (SSSR count). The summed E-state index contributed by atoms with van der Waals surface area (Å²) in [6.07, 6.45) is 19.0. The van der Waals surface area contributed by atoms with E-state index in [1.54, 1.807) is 0 Å². The highest BCUT2D eigenvalue weighted by Gasteiger charge is 2.60. The number of fused-ring (bicyclic) bond motifs is 5. The lowest BCUT2D eigenvalue weighted by Crippen LogP contribution is -2.53. The van der Waals surface area contributed by atoms with Crippen molar-refractivity contribution in [2.75, 3.05) is 0 Å². The van der Waals surface area contributed by atoms with Crippen LogP contribution in [0.3, 0.4) is 0 Å². The summed E-state index contributed by atoms with van der Waals surface area (Å²) >= 11 is 0. The summed E-state index contributed by atoms with van der Waals surface area (Å²) in [5, 5.41) is 12.1. The van der Waals surface area contributed by atoms with Gasteiger partial charge in [0.1, 0.15) is 6.33 Å². The topological polar surface area (TPSA) is 43.6 Å². The molecule has 4 nitrogen and oxygen atoms in total. The van der Waals surface area contributed by atoms with Gasteiger partial charge >= 0.3 is 0 Å². The van der Waals surface area contributed by atoms with Crippen LogP contribution in [0.2, 0.25) is 0 Å². The van der Waals surface area contributed by atoms with Crippen LogP contribution < -0.4 is 0 Å². The zero-order valence-electron chi connectivity index (χ0n) is 21.5. The molecule has 4 aliphatic carbocycles. The molecule has 0 bridgehead atoms. The maximum absolute atomic E-state index is 4.25. The van der Waals surface area contributed by atoms with Crippen molar-refractivity contribution in [3.8, 4) is 0 Å². The fourth-order valence-electron chi connectivity index (χ4n) is 9.84. The van der Waals surface area contributed by atoms with E-state index in [2.05, 4.69) is 50.1 Å². The second kappa shape index (κ2) is 8.69. The van der Waals surface area contributed by atoms with E-state index in [-0.39, 0.29) is 0 Å². The lowest BCUT2D eigenvalue weighted by Gasteiger charge is -2.61. The number of rotatable bonds is 6. The van der Waals surface area contributed by atoms with Crippen LogP contribution in [0.1, 0.15) is 118 Å². The predicted octanol–water partition coefficient (Wildman–Crippen LogP) is 7.34. The molecule has 4 fully saturated rings. The molecule has 0 amide bonds. The van der Waals surface area contributed by atoms with E-state index in [9.17, 15) is 0 Å². The summed E-state index contributed by atoms with van der Waals surface area (Å²) in [5.41, 5.74) is 1.17. The zero-order valence-corrected chi connectivity index (χ0v) is 21.5. The lowest BCUT2D eigenvalue weighted by atomic mass is 9.44. The molecule has 9 atom stereocenters. The summed E-state index contributed by atoms with van der Waals surface area (Å²) in [6.45, 7) is 12.8. The molecule has 0 spiro atoms. The minimum Gasteiger partial charge on any atom is -0.229 e. The first-order valence-electron chi connectivity index (χ1n) is 14.1. The highest BCUT2D eigenvalue weighted by atomic mass is 15.5. The smallest absolute Gasteiger partial charge is 0.138 e. The molecule has 0 saturated heterocycles. The van der Waals surface area contributed by atoms with Gasteiger partial charge in [-0.3, -0.25) is 0 Å². The number of hydrogen-bond donors (Lipinski definition) is 0. The zero-order chi connectivity index (χ0) is 22.5. The van der Waals surface area contributed by atoms with Gasteiger partial charge in [-0.25, -0.2) is 4.68 Å². The first-order valence-corrected chi connectivity index (χ1v) is 14.1. The van der Waals surface area contributed by atoms with E-state index >= 15 is 0 Å². The highest BCUT2D eigenvalue weighted by Crippen LogP contribution is 2.68. The van der Waals surface area contributed by atoms with Crippen LogP contribution >= 0.6 is 0 Å². The van der Waals surface area contributed by atoms with Crippen LogP contribution in [-0.2, 0) is 0 Å². The van der Waals surface area contributed by atoms with Crippen molar-refractivity contribution in [1.29, 1.82) is 0 Å². The average Bonchev–Trinajstić information content (AvgIpc) is 3.40. The molecular weight excluding hydrogens is 392 g/mol. The van der Waals surface area contributed by atoms with E-state index in [1.165, 1.54) is 77.0 Å². The van der Waals surface area contributed by atoms with E-state index < -0.39 is 0 Å². The van der Waals surface area contributed by atoms with E-state index in [4.69, 9.17) is 0 Å². The Balaban J connectivity index is 1.27. The van der Waals surface area contributed by atoms with Gasteiger partial charge in [0.15, 0.2) is 0 Å². The Bertz CT molecular complexity index is 759. The number of nitrogens with zero attached hydrogens (tertiary/aromatic N) is 4. The van der Waals surface area contributed by atoms with Gasteiger partial charge in [-0.15, -0.1) is 5.10 Å². The van der Waals surface area contributed by atoms with Crippen molar-refractivity contribution >= 4 is 0 Å². The molecule has 0 unspecified atom stereocenters. The Morgan fingerprint density at radius 3 is 2.44 bits per heavy atom. The molecular formula is C28H48N4. The first kappa shape index (κ1) is 22.8. The minimum atomic E-state index is 0.524. The van der Waals surface area contributed by atoms with Gasteiger partial charge in [0.05, 0.1) is 6.04 Å². The quantitative estimate of drug-likeness (QED) is 0.465. The Kier molecular flexibility index (Phi) is 6.20. The van der Waals surface area contributed by atoms with Gasteiger partial charge < -0.3 is 0 Å². The molecule has 0 N–H and O–H groups in total. The molecule has 4 aliphatic rings. The third-order valence-corrected chi connectivity index (χ3v) is 11.6. The largest absolute Gasteiger partial charge is 0.229 e. The third-order valence-electron chi connectivity index (χ3n) is 11.6. The standard InChI is InChI=1S/C28H48N4/c1-19(2)7-6-8-20(3)24-11-12-25-23-10-9-21-17-22(32-18-29-30-31-32)13-15-27(21,4)26(23)14-16-28(24,25)5/h18-26H,6-17H2,1-5H3/t20-,21+,22+,23+,24-,25+,26+,27+,28-/m1/s1. The van der Waals surface area contributed by atoms with Crippen molar-refractivity contribution in [2.45, 2.75) is 118 Å². The van der Waals surface area contributed by atoms with Crippen molar-refractivity contribution in [2.24, 2.45) is 52.3 Å². The molecule has 1 aromatic heterocycles. The molecule has 4 heteroatoms. The minimum absolute atomic E-state index is 0.524. The summed E-state index contributed by atoms with van der Waals surface area (Å²) < 4.78 is 2.05. The Labute approximate surface area is 196 Å². The van der Waals surface area contributed by atoms with Crippen molar-refractivity contribution in [3.05, 3.63) is 6.33 Å². The molecule has 4 saturated carbocycles. The lowest BCUT2D eigenvalue weighted by molar-refractivity contribution is -0.120. The van der Waals surface area contributed by atoms with Crippen LogP contribution in [0, 0.1) is 52.3 Å². The maximum Gasteiger partial charge on any atom is 0.138 e. The number of aromatic nitrogens is 4. The van der Waals surface area contributed by atoms with E-state index in [0.717, 1.165) is 41.4 Å². The van der Waals surface area contributed by atoms with Crippen LogP contribution in [0.25, 0.3) is 0 Å². The molecule has 32 heavy (non-hydrogen) atoms. The van der Waals surface area contributed by atoms with Gasteiger partial charge in [-0.05, 0) is 120 Å². The Morgan fingerprint density at radius 1 is 0.906 bits per heavy atom. The van der Waals surface area contributed by atoms with Crippen molar-refractivity contribution in [3.63, 3.8) is 0 Å². The Hall–Kier alpha value is -0.930. The fourth-order valence-corrected chi connectivity index (χ4v) is 9.84. The van der Waals surface area contributed by atoms with Gasteiger partial charge in [0, 0.05) is 0 Å². The SMILES string of the molecule is CC(C)CCC[C@@H](C)[C@H]1CC[C@H]2[C@@H]3CC[C@H]4C[C@@H](n5cnnn5)CC[C@]4(C)[C@H]3CC[C@]12C. The maximum atomic E-state index is 4.25. The third kappa shape index (κ3) is 3.76. The van der Waals surface area contributed by atoms with Crippen molar-refractivity contribution in [1.82, 2.24) is 20.2 Å². The van der Waals surface area contributed by atoms with Crippen LogP contribution in [0.5, 0.6) is 0 Å². The average molecular weight is 441 g/mol. The van der Waals surface area contributed by atoms with Crippen LogP contribution in [0.15, 0.2) is 6.33 Å². The molecule has 1 aromatic rings. The predicted molar refractivity (Wildman–Crippen MR) is 130 cm³/mol. The van der Waals surface area contributed by atoms with E-state index in [0.29, 0.717) is 16.9 Å². The van der Waals surface area contributed by atoms with Crippen LogP contribution in [-0.4, -0.2) is 20.2 Å². The second-order valence-electron chi connectivity index (χ2n) is 13.4. The molecule has 0 aliphatic heterocycles. The highest BCUT2D eigenvalue weighted by molar-refractivity contribution is 5.09. The molecule has 0 aromatic carbocycles. The van der Waals surface area contributed by atoms with Gasteiger partial charge in [0.2, 0.25) is 0 Å². The number of tetrazole rings is 1. The van der Waals surface area contributed by atoms with E-state index in [1.807, 2.05) is 11.0 Å².